The Morgan fingerprint density at radius 1 is 1.50 bits per heavy atom. The Morgan fingerprint density at radius 2 is 2.17 bits per heavy atom. The first-order valence-electron chi connectivity index (χ1n) is 6.06. The predicted molar refractivity (Wildman–Crippen MR) is 64.4 cm³/mol. The fourth-order valence-corrected chi connectivity index (χ4v) is 1.67. The van der Waals surface area contributed by atoms with Crippen molar-refractivity contribution < 1.29 is 9.32 Å². The molecule has 0 radical (unpaired) electrons. The molecular weight excluding hydrogens is 232 g/mol. The van der Waals surface area contributed by atoms with E-state index in [1.807, 2.05) is 13.8 Å². The molecule has 0 aromatic carbocycles. The van der Waals surface area contributed by atoms with Crippen molar-refractivity contribution in [2.75, 3.05) is 6.54 Å². The Morgan fingerprint density at radius 3 is 2.61 bits per heavy atom. The van der Waals surface area contributed by atoms with E-state index in [4.69, 9.17) is 9.78 Å². The van der Waals surface area contributed by atoms with Gasteiger partial charge in [0, 0.05) is 13.0 Å². The molecule has 0 fully saturated rings. The third kappa shape index (κ3) is 3.06. The molecule has 6 nitrogen and oxygen atoms in total. The van der Waals surface area contributed by atoms with E-state index >= 15 is 0 Å². The number of aromatic nitrogens is 2. The maximum absolute atomic E-state index is 12.0. The topological polar surface area (TPSA) is 91.8 Å². The molecule has 6 heteroatoms. The van der Waals surface area contributed by atoms with Crippen LogP contribution in [-0.4, -0.2) is 22.6 Å². The lowest BCUT2D eigenvalue weighted by molar-refractivity contribution is -0.128. The summed E-state index contributed by atoms with van der Waals surface area (Å²) in [6.07, 6.45) is 1.48. The second-order valence-corrected chi connectivity index (χ2v) is 4.14. The van der Waals surface area contributed by atoms with E-state index in [9.17, 15) is 4.79 Å². The largest absolute Gasteiger partial charge is 0.354 e. The van der Waals surface area contributed by atoms with Crippen LogP contribution in [0.1, 0.15) is 38.4 Å². The van der Waals surface area contributed by atoms with E-state index in [2.05, 4.69) is 21.5 Å². The smallest absolute Gasteiger partial charge is 0.240 e. The molecule has 0 aliphatic heterocycles. The fourth-order valence-electron chi connectivity index (χ4n) is 1.67. The SMILES string of the molecule is CCC(C#N)(CC)C(=O)NCCc1nc(C)no1. The van der Waals surface area contributed by atoms with E-state index in [-0.39, 0.29) is 5.91 Å². The Kier molecular flexibility index (Phi) is 4.84. The minimum absolute atomic E-state index is 0.230. The zero-order valence-corrected chi connectivity index (χ0v) is 11.0. The molecule has 98 valence electrons. The van der Waals surface area contributed by atoms with Crippen molar-refractivity contribution in [2.45, 2.75) is 40.0 Å². The van der Waals surface area contributed by atoms with Crippen molar-refractivity contribution in [3.05, 3.63) is 11.7 Å². The van der Waals surface area contributed by atoms with Gasteiger partial charge in [-0.1, -0.05) is 19.0 Å². The molecule has 0 unspecified atom stereocenters. The maximum atomic E-state index is 12.0. The number of hydrogen-bond donors (Lipinski definition) is 1. The van der Waals surface area contributed by atoms with Gasteiger partial charge in [0.1, 0.15) is 5.41 Å². The second kappa shape index (κ2) is 6.15. The number of nitrogens with zero attached hydrogens (tertiary/aromatic N) is 3. The molecule has 0 saturated carbocycles. The first-order valence-corrected chi connectivity index (χ1v) is 6.06. The molecule has 0 spiro atoms. The molecule has 1 amide bonds. The van der Waals surface area contributed by atoms with Crippen LogP contribution in [0.2, 0.25) is 0 Å². The Balaban J connectivity index is 2.48. The summed E-state index contributed by atoms with van der Waals surface area (Å²) in [5.41, 5.74) is -0.926. The molecular formula is C12H18N4O2. The fraction of sp³-hybridized carbons (Fsp3) is 0.667. The van der Waals surface area contributed by atoms with Crippen molar-refractivity contribution in [3.63, 3.8) is 0 Å². The number of nitrogens with one attached hydrogen (secondary N) is 1. The number of nitriles is 1. The zero-order chi connectivity index (χ0) is 13.6. The van der Waals surface area contributed by atoms with Gasteiger partial charge in [-0.05, 0) is 19.8 Å². The van der Waals surface area contributed by atoms with E-state index in [0.717, 1.165) is 0 Å². The summed E-state index contributed by atoms with van der Waals surface area (Å²) < 4.78 is 4.93. The van der Waals surface area contributed by atoms with Gasteiger partial charge in [-0.2, -0.15) is 10.2 Å². The minimum Gasteiger partial charge on any atom is -0.354 e. The molecule has 1 N–H and O–H groups in total. The predicted octanol–water partition coefficient (Wildman–Crippen LogP) is 1.37. The van der Waals surface area contributed by atoms with Gasteiger partial charge in [0.2, 0.25) is 11.8 Å². The molecule has 0 aliphatic rings. The van der Waals surface area contributed by atoms with Gasteiger partial charge < -0.3 is 9.84 Å². The molecule has 18 heavy (non-hydrogen) atoms. The molecule has 1 aromatic heterocycles. The van der Waals surface area contributed by atoms with Crippen molar-refractivity contribution in [1.29, 1.82) is 5.26 Å². The molecule has 1 rings (SSSR count). The van der Waals surface area contributed by atoms with E-state index in [0.29, 0.717) is 37.5 Å². The zero-order valence-electron chi connectivity index (χ0n) is 11.0. The van der Waals surface area contributed by atoms with Gasteiger partial charge in [0.25, 0.3) is 0 Å². The number of carbonyl (C=O) groups excluding carboxylic acids is 1. The van der Waals surface area contributed by atoms with Crippen LogP contribution in [0.5, 0.6) is 0 Å². The molecule has 0 aliphatic carbocycles. The molecule has 0 saturated heterocycles. The average molecular weight is 250 g/mol. The van der Waals surface area contributed by atoms with Crippen molar-refractivity contribution in [2.24, 2.45) is 5.41 Å². The van der Waals surface area contributed by atoms with Crippen LogP contribution in [0.4, 0.5) is 0 Å². The van der Waals surface area contributed by atoms with Gasteiger partial charge in [-0.3, -0.25) is 4.79 Å². The van der Waals surface area contributed by atoms with Crippen molar-refractivity contribution >= 4 is 5.91 Å². The average Bonchev–Trinajstić information content (AvgIpc) is 2.78. The number of hydrogen-bond acceptors (Lipinski definition) is 5. The highest BCUT2D eigenvalue weighted by molar-refractivity contribution is 5.85. The van der Waals surface area contributed by atoms with Crippen molar-refractivity contribution in [1.82, 2.24) is 15.5 Å². The van der Waals surface area contributed by atoms with Crippen LogP contribution in [0.3, 0.4) is 0 Å². The monoisotopic (exact) mass is 250 g/mol. The van der Waals surface area contributed by atoms with E-state index in [1.165, 1.54) is 0 Å². The van der Waals surface area contributed by atoms with Gasteiger partial charge in [-0.25, -0.2) is 0 Å². The summed E-state index contributed by atoms with van der Waals surface area (Å²) in [5.74, 6) is 0.833. The summed E-state index contributed by atoms with van der Waals surface area (Å²) >= 11 is 0. The van der Waals surface area contributed by atoms with Crippen LogP contribution in [-0.2, 0) is 11.2 Å². The lowest BCUT2D eigenvalue weighted by atomic mass is 9.83. The van der Waals surface area contributed by atoms with Crippen LogP contribution in [0.25, 0.3) is 0 Å². The van der Waals surface area contributed by atoms with E-state index in [1.54, 1.807) is 6.92 Å². The molecule has 0 atom stereocenters. The van der Waals surface area contributed by atoms with E-state index < -0.39 is 5.41 Å². The Hall–Kier alpha value is -1.90. The Labute approximate surface area is 106 Å². The van der Waals surface area contributed by atoms with Crippen LogP contribution in [0.15, 0.2) is 4.52 Å². The highest BCUT2D eigenvalue weighted by Gasteiger charge is 2.34. The number of rotatable bonds is 6. The normalized spacial score (nSPS) is 11.0. The molecule has 0 bridgehead atoms. The standard InChI is InChI=1S/C12H18N4O2/c1-4-12(5-2,8-13)11(17)14-7-6-10-15-9(3)16-18-10/h4-7H2,1-3H3,(H,14,17). The number of amides is 1. The minimum atomic E-state index is -0.926. The molecule has 1 aromatic rings. The van der Waals surface area contributed by atoms with Crippen LogP contribution in [0, 0.1) is 23.7 Å². The quantitative estimate of drug-likeness (QED) is 0.823. The maximum Gasteiger partial charge on any atom is 0.240 e. The summed E-state index contributed by atoms with van der Waals surface area (Å²) in [6, 6.07) is 2.10. The first-order chi connectivity index (χ1) is 8.57. The Bertz CT molecular complexity index is 443. The van der Waals surface area contributed by atoms with Gasteiger partial charge in [0.05, 0.1) is 6.07 Å². The van der Waals surface area contributed by atoms with Crippen LogP contribution < -0.4 is 5.32 Å². The second-order valence-electron chi connectivity index (χ2n) is 4.14. The summed E-state index contributed by atoms with van der Waals surface area (Å²) in [6.45, 7) is 5.81. The number of carbonyl (C=O) groups is 1. The summed E-state index contributed by atoms with van der Waals surface area (Å²) in [4.78, 5) is 16.0. The van der Waals surface area contributed by atoms with Gasteiger partial charge >= 0.3 is 0 Å². The summed E-state index contributed by atoms with van der Waals surface area (Å²) in [7, 11) is 0. The highest BCUT2D eigenvalue weighted by Crippen LogP contribution is 2.25. The third-order valence-corrected chi connectivity index (χ3v) is 3.05. The van der Waals surface area contributed by atoms with Crippen molar-refractivity contribution in [3.8, 4) is 6.07 Å². The van der Waals surface area contributed by atoms with Crippen LogP contribution >= 0.6 is 0 Å². The lowest BCUT2D eigenvalue weighted by Crippen LogP contribution is -2.40. The third-order valence-electron chi connectivity index (χ3n) is 3.05. The van der Waals surface area contributed by atoms with Gasteiger partial charge in [0.15, 0.2) is 5.82 Å². The molecule has 1 heterocycles. The van der Waals surface area contributed by atoms with Gasteiger partial charge in [-0.15, -0.1) is 0 Å². The summed E-state index contributed by atoms with van der Waals surface area (Å²) in [5, 5.41) is 15.5. The first kappa shape index (κ1) is 14.2. The highest BCUT2D eigenvalue weighted by atomic mass is 16.5. The number of aryl methyl sites for hydroxylation is 1. The lowest BCUT2D eigenvalue weighted by Gasteiger charge is -2.21.